The fraction of sp³-hybridized carbons (Fsp3) is 0.208. The fourth-order valence-corrected chi connectivity index (χ4v) is 5.75. The molecule has 0 bridgehead atoms. The van der Waals surface area contributed by atoms with Crippen LogP contribution in [0.3, 0.4) is 0 Å². The van der Waals surface area contributed by atoms with E-state index in [-0.39, 0.29) is 50.1 Å². The monoisotopic (exact) mass is 555 g/mol. The number of halogens is 2. The third-order valence-corrected chi connectivity index (χ3v) is 8.96. The first kappa shape index (κ1) is 27.0. The molecule has 0 heterocycles. The van der Waals surface area contributed by atoms with E-state index in [1.54, 1.807) is 36.4 Å². The largest absolute Gasteiger partial charge is 0.456 e. The van der Waals surface area contributed by atoms with E-state index in [1.165, 1.54) is 44.2 Å². The van der Waals surface area contributed by atoms with E-state index in [0.29, 0.717) is 5.56 Å². The van der Waals surface area contributed by atoms with Crippen molar-refractivity contribution in [3.8, 4) is 11.5 Å². The highest BCUT2D eigenvalue weighted by Crippen LogP contribution is 2.33. The van der Waals surface area contributed by atoms with Crippen molar-refractivity contribution in [3.63, 3.8) is 0 Å². The number of amides is 1. The van der Waals surface area contributed by atoms with E-state index in [9.17, 15) is 21.6 Å². The van der Waals surface area contributed by atoms with Crippen LogP contribution < -0.4 is 9.04 Å². The van der Waals surface area contributed by atoms with Gasteiger partial charge in [-0.3, -0.25) is 4.79 Å². The summed E-state index contributed by atoms with van der Waals surface area (Å²) in [4.78, 5) is 13.2. The van der Waals surface area contributed by atoms with Crippen LogP contribution in [0.15, 0.2) is 71.6 Å². The van der Waals surface area contributed by atoms with Gasteiger partial charge in [0.2, 0.25) is 15.9 Å². The molecule has 35 heavy (non-hydrogen) atoms. The zero-order valence-corrected chi connectivity index (χ0v) is 22.1. The normalized spacial score (nSPS) is 11.8. The van der Waals surface area contributed by atoms with E-state index in [1.807, 2.05) is 0 Å². The second-order valence-corrected chi connectivity index (χ2v) is 12.7. The Morgan fingerprint density at radius 1 is 0.886 bits per heavy atom. The summed E-state index contributed by atoms with van der Waals surface area (Å²) in [6.07, 6.45) is -0.257. The molecule has 0 atom stereocenters. The van der Waals surface area contributed by atoms with Crippen LogP contribution in [-0.4, -0.2) is 34.2 Å². The lowest BCUT2D eigenvalue weighted by molar-refractivity contribution is -0.116. The summed E-state index contributed by atoms with van der Waals surface area (Å²) in [7, 11) is -7.31. The molecule has 0 N–H and O–H groups in total. The van der Waals surface area contributed by atoms with Crippen molar-refractivity contribution in [2.45, 2.75) is 25.2 Å². The number of anilines is 1. The van der Waals surface area contributed by atoms with Crippen molar-refractivity contribution in [2.75, 3.05) is 15.8 Å². The predicted octanol–water partition coefficient (Wildman–Crippen LogP) is 5.50. The number of ether oxygens (including phenoxy) is 1. The van der Waals surface area contributed by atoms with E-state index < -0.39 is 25.8 Å². The smallest absolute Gasteiger partial charge is 0.245 e. The number of sulfone groups is 1. The Bertz CT molecular complexity index is 1440. The second-order valence-electron chi connectivity index (χ2n) is 7.46. The summed E-state index contributed by atoms with van der Waals surface area (Å²) < 4.78 is 56.0. The van der Waals surface area contributed by atoms with Gasteiger partial charge in [-0.1, -0.05) is 48.3 Å². The molecule has 0 saturated heterocycles. The summed E-state index contributed by atoms with van der Waals surface area (Å²) >= 11 is 12.5. The number of para-hydroxylation sites is 1. The average Bonchev–Trinajstić information content (AvgIpc) is 2.80. The summed E-state index contributed by atoms with van der Waals surface area (Å²) in [6.45, 7) is 3.00. The lowest BCUT2D eigenvalue weighted by Gasteiger charge is -2.22. The van der Waals surface area contributed by atoms with Crippen LogP contribution in [0, 0.1) is 0 Å². The maximum Gasteiger partial charge on any atom is 0.245 e. The molecule has 3 rings (SSSR count). The van der Waals surface area contributed by atoms with Crippen molar-refractivity contribution in [3.05, 3.63) is 82.3 Å². The Balaban J connectivity index is 1.89. The molecule has 0 radical (unpaired) electrons. The number of benzene rings is 3. The van der Waals surface area contributed by atoms with Gasteiger partial charge in [-0.05, 0) is 61.0 Å². The topological polar surface area (TPSA) is 97.8 Å². The molecular weight excluding hydrogens is 533 g/mol. The minimum absolute atomic E-state index is 0.0665. The van der Waals surface area contributed by atoms with Crippen molar-refractivity contribution < 1.29 is 26.4 Å². The Kier molecular flexibility index (Phi) is 8.48. The molecule has 0 fully saturated rings. The molecule has 0 aliphatic heterocycles. The third-order valence-electron chi connectivity index (χ3n) is 5.02. The van der Waals surface area contributed by atoms with Gasteiger partial charge in [0, 0.05) is 5.02 Å². The van der Waals surface area contributed by atoms with Crippen LogP contribution in [0.2, 0.25) is 10.0 Å². The van der Waals surface area contributed by atoms with Gasteiger partial charge in [-0.2, -0.15) is 0 Å². The molecule has 0 unspecified atom stereocenters. The molecule has 3 aromatic carbocycles. The predicted molar refractivity (Wildman–Crippen MR) is 138 cm³/mol. The van der Waals surface area contributed by atoms with Crippen molar-refractivity contribution in [1.82, 2.24) is 0 Å². The van der Waals surface area contributed by atoms with Crippen LogP contribution in [0.4, 0.5) is 5.69 Å². The highest BCUT2D eigenvalue weighted by Gasteiger charge is 2.28. The number of rotatable bonds is 9. The van der Waals surface area contributed by atoms with Gasteiger partial charge in [0.1, 0.15) is 11.5 Å². The van der Waals surface area contributed by atoms with Crippen molar-refractivity contribution in [1.29, 1.82) is 0 Å². The Morgan fingerprint density at radius 3 is 2.17 bits per heavy atom. The molecule has 0 aliphatic rings. The molecule has 0 spiro atoms. The standard InChI is InChI=1S/C24H23Cl2NO6S2/c1-3-34(29,30)21-10-11-23(22(26)16-21)33-20-13-17(12-18(25)15-20)14-24(28)27(35(31,32)4-2)19-8-6-5-7-9-19/h5-13,15-16H,3-4,14H2,1-2H3. The summed E-state index contributed by atoms with van der Waals surface area (Å²) in [5.41, 5.74) is 0.665. The maximum absolute atomic E-state index is 13.1. The second kappa shape index (κ2) is 11.0. The number of carbonyl (C=O) groups excluding carboxylic acids is 1. The van der Waals surface area contributed by atoms with E-state index in [0.717, 1.165) is 4.31 Å². The minimum Gasteiger partial charge on any atom is -0.456 e. The number of nitrogens with zero attached hydrogens (tertiary/aromatic N) is 1. The quantitative estimate of drug-likeness (QED) is 0.345. The molecule has 0 saturated carbocycles. The zero-order valence-electron chi connectivity index (χ0n) is 18.9. The molecule has 0 aromatic heterocycles. The number of hydrogen-bond acceptors (Lipinski definition) is 6. The molecule has 0 aliphatic carbocycles. The van der Waals surface area contributed by atoms with E-state index >= 15 is 0 Å². The molecule has 11 heteroatoms. The fourth-order valence-electron chi connectivity index (χ4n) is 3.23. The van der Waals surface area contributed by atoms with Crippen LogP contribution in [0.1, 0.15) is 19.4 Å². The third kappa shape index (κ3) is 6.55. The lowest BCUT2D eigenvalue weighted by atomic mass is 10.1. The minimum atomic E-state index is -3.87. The first-order valence-corrected chi connectivity index (χ1v) is 14.6. The molecule has 3 aromatic rings. The Labute approximate surface area is 215 Å². The van der Waals surface area contributed by atoms with Gasteiger partial charge in [0.05, 0.1) is 33.5 Å². The number of hydrogen-bond donors (Lipinski definition) is 0. The van der Waals surface area contributed by atoms with E-state index in [2.05, 4.69) is 0 Å². The van der Waals surface area contributed by atoms with Crippen LogP contribution >= 0.6 is 23.2 Å². The average molecular weight is 556 g/mol. The van der Waals surface area contributed by atoms with Gasteiger partial charge in [0.25, 0.3) is 0 Å². The van der Waals surface area contributed by atoms with E-state index in [4.69, 9.17) is 27.9 Å². The lowest BCUT2D eigenvalue weighted by Crippen LogP contribution is -2.39. The SMILES string of the molecule is CCS(=O)(=O)c1ccc(Oc2cc(Cl)cc(CC(=O)N(c3ccccc3)S(=O)(=O)CC)c2)c(Cl)c1. The number of sulfonamides is 1. The first-order chi connectivity index (χ1) is 16.5. The van der Waals surface area contributed by atoms with Gasteiger partial charge in [-0.25, -0.2) is 21.1 Å². The number of carbonyl (C=O) groups is 1. The highest BCUT2D eigenvalue weighted by molar-refractivity contribution is 7.93. The molecule has 7 nitrogen and oxygen atoms in total. The summed E-state index contributed by atoms with van der Waals surface area (Å²) in [5, 5.41) is 0.345. The molecular formula is C24H23Cl2NO6S2. The van der Waals surface area contributed by atoms with Crippen LogP contribution in [0.5, 0.6) is 11.5 Å². The Morgan fingerprint density at radius 2 is 1.57 bits per heavy atom. The van der Waals surface area contributed by atoms with Crippen molar-refractivity contribution >= 4 is 54.7 Å². The Hall–Kier alpha value is -2.59. The van der Waals surface area contributed by atoms with Gasteiger partial charge in [-0.15, -0.1) is 0 Å². The zero-order chi connectivity index (χ0) is 25.8. The first-order valence-electron chi connectivity index (χ1n) is 10.6. The maximum atomic E-state index is 13.1. The van der Waals surface area contributed by atoms with Gasteiger partial charge < -0.3 is 4.74 Å². The van der Waals surface area contributed by atoms with Crippen LogP contribution in [0.25, 0.3) is 0 Å². The van der Waals surface area contributed by atoms with Gasteiger partial charge in [0.15, 0.2) is 9.84 Å². The van der Waals surface area contributed by atoms with Crippen molar-refractivity contribution in [2.24, 2.45) is 0 Å². The summed E-state index contributed by atoms with van der Waals surface area (Å²) in [5.74, 6) is -0.528. The molecule has 186 valence electrons. The summed E-state index contributed by atoms with van der Waals surface area (Å²) in [6, 6.07) is 16.8. The highest BCUT2D eigenvalue weighted by atomic mass is 35.5. The molecule has 1 amide bonds. The van der Waals surface area contributed by atoms with Crippen LogP contribution in [-0.2, 0) is 31.1 Å². The van der Waals surface area contributed by atoms with Gasteiger partial charge >= 0.3 is 0 Å².